The zero-order valence-corrected chi connectivity index (χ0v) is 20.6. The van der Waals surface area contributed by atoms with Gasteiger partial charge in [-0.1, -0.05) is 54.1 Å². The number of ether oxygens (including phenoxy) is 1. The third kappa shape index (κ3) is 6.02. The number of halogens is 2. The van der Waals surface area contributed by atoms with Crippen molar-refractivity contribution in [2.24, 2.45) is 0 Å². The van der Waals surface area contributed by atoms with Crippen LogP contribution in [0.5, 0.6) is 5.75 Å². The van der Waals surface area contributed by atoms with Crippen molar-refractivity contribution in [1.82, 2.24) is 10.2 Å². The Morgan fingerprint density at radius 3 is 2.53 bits per heavy atom. The molecule has 0 saturated heterocycles. The molecule has 0 aromatic heterocycles. The molecule has 3 aromatic carbocycles. The van der Waals surface area contributed by atoms with Crippen molar-refractivity contribution in [3.8, 4) is 5.75 Å². The van der Waals surface area contributed by atoms with E-state index >= 15 is 0 Å². The van der Waals surface area contributed by atoms with E-state index in [2.05, 4.69) is 21.2 Å². The van der Waals surface area contributed by atoms with Gasteiger partial charge >= 0.3 is 0 Å². The molecule has 2 amide bonds. The molecule has 7 heteroatoms. The summed E-state index contributed by atoms with van der Waals surface area (Å²) in [6.45, 7) is 5.53. The molecule has 0 heterocycles. The fourth-order valence-corrected chi connectivity index (χ4v) is 4.19. The Morgan fingerprint density at radius 1 is 1.06 bits per heavy atom. The van der Waals surface area contributed by atoms with Gasteiger partial charge in [0, 0.05) is 17.6 Å². The molecule has 3 aromatic rings. The number of benzene rings is 3. The van der Waals surface area contributed by atoms with E-state index < -0.39 is 6.04 Å². The van der Waals surface area contributed by atoms with Gasteiger partial charge in [-0.05, 0) is 71.2 Å². The lowest BCUT2D eigenvalue weighted by Gasteiger charge is -2.29. The van der Waals surface area contributed by atoms with Crippen LogP contribution in [0.4, 0.5) is 0 Å². The maximum absolute atomic E-state index is 13.2. The maximum Gasteiger partial charge on any atom is 0.261 e. The largest absolute Gasteiger partial charge is 0.483 e. The number of nitrogens with one attached hydrogen (secondary N) is 1. The van der Waals surface area contributed by atoms with Gasteiger partial charge in [0.15, 0.2) is 6.61 Å². The number of rotatable bonds is 8. The molecule has 0 unspecified atom stereocenters. The Morgan fingerprint density at radius 2 is 1.81 bits per heavy atom. The van der Waals surface area contributed by atoms with E-state index in [4.69, 9.17) is 16.3 Å². The van der Waals surface area contributed by atoms with E-state index in [1.54, 1.807) is 19.1 Å². The third-order valence-electron chi connectivity index (χ3n) is 5.02. The fourth-order valence-electron chi connectivity index (χ4n) is 3.37. The normalized spacial score (nSPS) is 11.9. The molecule has 0 saturated carbocycles. The monoisotopic (exact) mass is 516 g/mol. The molecule has 0 aliphatic carbocycles. The zero-order chi connectivity index (χ0) is 23.3. The van der Waals surface area contributed by atoms with Crippen molar-refractivity contribution < 1.29 is 14.3 Å². The van der Waals surface area contributed by atoms with E-state index in [-0.39, 0.29) is 31.0 Å². The van der Waals surface area contributed by atoms with Gasteiger partial charge in [0.2, 0.25) is 5.91 Å². The molecule has 0 fully saturated rings. The first kappa shape index (κ1) is 24.1. The number of hydrogen-bond acceptors (Lipinski definition) is 3. The summed E-state index contributed by atoms with van der Waals surface area (Å²) in [5.74, 6) is 0.0535. The molecule has 168 valence electrons. The van der Waals surface area contributed by atoms with Crippen molar-refractivity contribution in [2.45, 2.75) is 39.4 Å². The molecule has 0 aliphatic rings. The summed E-state index contributed by atoms with van der Waals surface area (Å²) in [6, 6.07) is 18.2. The van der Waals surface area contributed by atoms with Gasteiger partial charge in [-0.3, -0.25) is 9.59 Å². The molecule has 32 heavy (non-hydrogen) atoms. The highest BCUT2D eigenvalue weighted by Gasteiger charge is 2.27. The minimum Gasteiger partial charge on any atom is -0.483 e. The molecule has 1 atom stereocenters. The predicted octanol–water partition coefficient (Wildman–Crippen LogP) is 5.58. The van der Waals surface area contributed by atoms with Gasteiger partial charge in [-0.25, -0.2) is 0 Å². The van der Waals surface area contributed by atoms with Gasteiger partial charge in [-0.15, -0.1) is 0 Å². The minimum absolute atomic E-state index is 0.0297. The first-order chi connectivity index (χ1) is 15.3. The molecule has 0 bridgehead atoms. The Kier molecular flexibility index (Phi) is 8.15. The first-order valence-corrected chi connectivity index (χ1v) is 11.6. The summed E-state index contributed by atoms with van der Waals surface area (Å²) >= 11 is 9.69. The van der Waals surface area contributed by atoms with Crippen LogP contribution in [0.1, 0.15) is 26.3 Å². The van der Waals surface area contributed by atoms with Crippen LogP contribution in [0.3, 0.4) is 0 Å². The van der Waals surface area contributed by atoms with E-state index in [0.29, 0.717) is 10.8 Å². The molecule has 0 aliphatic heterocycles. The highest BCUT2D eigenvalue weighted by molar-refractivity contribution is 9.10. The van der Waals surface area contributed by atoms with Crippen LogP contribution < -0.4 is 10.1 Å². The average Bonchev–Trinajstić information content (AvgIpc) is 2.76. The summed E-state index contributed by atoms with van der Waals surface area (Å²) in [6.07, 6.45) is 0. The van der Waals surface area contributed by atoms with Crippen LogP contribution in [0.15, 0.2) is 65.1 Å². The lowest BCUT2D eigenvalue weighted by atomic mass is 10.1. The smallest absolute Gasteiger partial charge is 0.261 e. The van der Waals surface area contributed by atoms with Crippen molar-refractivity contribution in [3.05, 3.63) is 75.7 Å². The molecular weight excluding hydrogens is 492 g/mol. The third-order valence-corrected chi connectivity index (χ3v) is 6.07. The summed E-state index contributed by atoms with van der Waals surface area (Å²) in [5.41, 5.74) is 0.835. The fraction of sp³-hybridized carbons (Fsp3) is 0.280. The standard InChI is InChI=1S/C25H26BrClN2O3/c1-16(2)28-25(31)17(3)29(14-18-7-6-9-20(27)13-18)23(30)15-32-22-12-11-19-8-4-5-10-21(19)24(22)26/h4-13,16-17H,14-15H2,1-3H3,(H,28,31)/t17-/m1/s1. The summed E-state index contributed by atoms with van der Waals surface area (Å²) < 4.78 is 6.65. The van der Waals surface area contributed by atoms with Crippen molar-refractivity contribution in [1.29, 1.82) is 0 Å². The highest BCUT2D eigenvalue weighted by atomic mass is 79.9. The second kappa shape index (κ2) is 10.8. The summed E-state index contributed by atoms with van der Waals surface area (Å²) in [4.78, 5) is 27.3. The lowest BCUT2D eigenvalue weighted by Crippen LogP contribution is -2.50. The molecule has 1 N–H and O–H groups in total. The van der Waals surface area contributed by atoms with Gasteiger partial charge in [-0.2, -0.15) is 0 Å². The Bertz CT molecular complexity index is 1120. The second-order valence-corrected chi connectivity index (χ2v) is 9.11. The maximum atomic E-state index is 13.2. The SMILES string of the molecule is CC(C)NC(=O)[C@@H](C)N(Cc1cccc(Cl)c1)C(=O)COc1ccc2ccccc2c1Br. The van der Waals surface area contributed by atoms with Crippen LogP contribution >= 0.6 is 27.5 Å². The summed E-state index contributed by atoms with van der Waals surface area (Å²) in [5, 5.41) is 5.51. The number of nitrogens with zero attached hydrogens (tertiary/aromatic N) is 1. The minimum atomic E-state index is -0.674. The highest BCUT2D eigenvalue weighted by Crippen LogP contribution is 2.33. The van der Waals surface area contributed by atoms with Gasteiger partial charge < -0.3 is 15.0 Å². The number of fused-ring (bicyclic) bond motifs is 1. The lowest BCUT2D eigenvalue weighted by molar-refractivity contribution is -0.142. The first-order valence-electron chi connectivity index (χ1n) is 10.4. The van der Waals surface area contributed by atoms with Crippen molar-refractivity contribution >= 4 is 50.1 Å². The number of carbonyl (C=O) groups is 2. The molecule has 5 nitrogen and oxygen atoms in total. The van der Waals surface area contributed by atoms with Crippen molar-refractivity contribution in [2.75, 3.05) is 6.61 Å². The van der Waals surface area contributed by atoms with Gasteiger partial charge in [0.1, 0.15) is 11.8 Å². The van der Waals surface area contributed by atoms with Crippen LogP contribution in [0.2, 0.25) is 5.02 Å². The van der Waals surface area contributed by atoms with Gasteiger partial charge in [0.05, 0.1) is 4.47 Å². The van der Waals surface area contributed by atoms with Gasteiger partial charge in [0.25, 0.3) is 5.91 Å². The van der Waals surface area contributed by atoms with Crippen LogP contribution in [-0.4, -0.2) is 35.4 Å². The number of amides is 2. The second-order valence-electron chi connectivity index (χ2n) is 7.88. The van der Waals surface area contributed by atoms with Crippen LogP contribution in [0.25, 0.3) is 10.8 Å². The zero-order valence-electron chi connectivity index (χ0n) is 18.3. The molecule has 0 radical (unpaired) electrons. The van der Waals surface area contributed by atoms with E-state index in [9.17, 15) is 9.59 Å². The van der Waals surface area contributed by atoms with E-state index in [0.717, 1.165) is 20.8 Å². The number of hydrogen-bond donors (Lipinski definition) is 1. The van der Waals surface area contributed by atoms with Crippen LogP contribution in [0, 0.1) is 0 Å². The summed E-state index contributed by atoms with van der Waals surface area (Å²) in [7, 11) is 0. The van der Waals surface area contributed by atoms with E-state index in [1.807, 2.05) is 62.4 Å². The molecule has 3 rings (SSSR count). The topological polar surface area (TPSA) is 58.6 Å². The quantitative estimate of drug-likeness (QED) is 0.425. The predicted molar refractivity (Wildman–Crippen MR) is 132 cm³/mol. The molecular formula is C25H26BrClN2O3. The van der Waals surface area contributed by atoms with Crippen LogP contribution in [-0.2, 0) is 16.1 Å². The van der Waals surface area contributed by atoms with E-state index in [1.165, 1.54) is 4.90 Å². The van der Waals surface area contributed by atoms with Crippen molar-refractivity contribution in [3.63, 3.8) is 0 Å². The average molecular weight is 518 g/mol. The number of carbonyl (C=O) groups excluding carboxylic acids is 2. The Labute approximate surface area is 201 Å². The Balaban J connectivity index is 1.79. The Hall–Kier alpha value is -2.57. The molecule has 0 spiro atoms.